The molecule has 1 aliphatic heterocycles. The number of hydrogen-bond acceptors (Lipinski definition) is 4. The predicted octanol–water partition coefficient (Wildman–Crippen LogP) is 5.92. The van der Waals surface area contributed by atoms with Crippen LogP contribution in [0.2, 0.25) is 5.02 Å². The van der Waals surface area contributed by atoms with E-state index in [0.717, 1.165) is 30.5 Å². The topological polar surface area (TPSA) is 53.9 Å². The molecule has 0 fully saturated rings. The van der Waals surface area contributed by atoms with Crippen LogP contribution in [0.5, 0.6) is 5.75 Å². The Bertz CT molecular complexity index is 1000. The van der Waals surface area contributed by atoms with Crippen molar-refractivity contribution in [1.29, 1.82) is 0 Å². The number of rotatable bonds is 6. The summed E-state index contributed by atoms with van der Waals surface area (Å²) < 4.78 is 5.31. The van der Waals surface area contributed by atoms with E-state index in [1.807, 2.05) is 25.1 Å². The van der Waals surface area contributed by atoms with Crippen LogP contribution in [0.25, 0.3) is 0 Å². The average Bonchev–Trinajstić information content (AvgIpc) is 2.71. The van der Waals surface area contributed by atoms with Crippen molar-refractivity contribution in [3.8, 4) is 5.75 Å². The summed E-state index contributed by atoms with van der Waals surface area (Å²) >= 11 is 6.61. The molecule has 31 heavy (non-hydrogen) atoms. The van der Waals surface area contributed by atoms with Crippen LogP contribution in [0.1, 0.15) is 73.5 Å². The molecule has 166 valence electrons. The fraction of sp³-hybridized carbons (Fsp3) is 0.440. The van der Waals surface area contributed by atoms with Gasteiger partial charge in [-0.3, -0.25) is 4.79 Å². The Hall–Kier alpha value is -2.53. The van der Waals surface area contributed by atoms with Gasteiger partial charge in [0.25, 0.3) is 5.91 Å². The maximum atomic E-state index is 12.5. The Morgan fingerprint density at radius 1 is 1.35 bits per heavy atom. The second-order valence-electron chi connectivity index (χ2n) is 8.90. The van der Waals surface area contributed by atoms with Gasteiger partial charge in [0.2, 0.25) is 0 Å². The lowest BCUT2D eigenvalue weighted by Gasteiger charge is -2.47. The zero-order valence-corrected chi connectivity index (χ0v) is 20.0. The van der Waals surface area contributed by atoms with E-state index in [1.165, 1.54) is 11.3 Å². The van der Waals surface area contributed by atoms with E-state index >= 15 is 0 Å². The van der Waals surface area contributed by atoms with Crippen LogP contribution in [-0.2, 0) is 0 Å². The third-order valence-corrected chi connectivity index (χ3v) is 6.25. The monoisotopic (exact) mass is 441 g/mol. The van der Waals surface area contributed by atoms with E-state index in [1.54, 1.807) is 19.4 Å². The number of anilines is 1. The first kappa shape index (κ1) is 23.1. The fourth-order valence-electron chi connectivity index (χ4n) is 4.47. The molecule has 6 heteroatoms. The zero-order chi connectivity index (χ0) is 22.8. The molecule has 0 spiro atoms. The smallest absolute Gasteiger partial charge is 0.275 e. The van der Waals surface area contributed by atoms with E-state index in [4.69, 9.17) is 16.3 Å². The molecule has 1 atom stereocenters. The number of carbonyl (C=O) groups excluding carboxylic acids is 1. The third-order valence-electron chi connectivity index (χ3n) is 5.92. The number of aryl methyl sites for hydroxylation is 1. The van der Waals surface area contributed by atoms with Gasteiger partial charge in [-0.05, 0) is 74.9 Å². The van der Waals surface area contributed by atoms with Crippen molar-refractivity contribution in [1.82, 2.24) is 5.43 Å². The molecule has 0 radical (unpaired) electrons. The molecule has 3 rings (SSSR count). The maximum Gasteiger partial charge on any atom is 0.275 e. The van der Waals surface area contributed by atoms with Gasteiger partial charge in [0, 0.05) is 23.3 Å². The molecule has 0 saturated carbocycles. The maximum absolute atomic E-state index is 12.5. The van der Waals surface area contributed by atoms with Crippen molar-refractivity contribution in [2.45, 2.75) is 58.9 Å². The van der Waals surface area contributed by atoms with Crippen molar-refractivity contribution in [3.05, 3.63) is 57.6 Å². The lowest BCUT2D eigenvalue weighted by molar-refractivity contribution is 0.0952. The summed E-state index contributed by atoms with van der Waals surface area (Å²) in [7, 11) is 1.55. The second-order valence-corrected chi connectivity index (χ2v) is 9.31. The molecule has 2 aromatic rings. The van der Waals surface area contributed by atoms with E-state index in [2.05, 4.69) is 49.2 Å². The van der Waals surface area contributed by atoms with Gasteiger partial charge >= 0.3 is 0 Å². The molecular formula is C25H32ClN3O2. The van der Waals surface area contributed by atoms with Crippen molar-refractivity contribution in [2.24, 2.45) is 5.10 Å². The Balaban J connectivity index is 1.84. The van der Waals surface area contributed by atoms with Crippen molar-refractivity contribution in [2.75, 3.05) is 18.6 Å². The van der Waals surface area contributed by atoms with Crippen LogP contribution >= 0.6 is 11.6 Å². The molecule has 1 N–H and O–H groups in total. The number of benzene rings is 2. The van der Waals surface area contributed by atoms with Gasteiger partial charge in [-0.25, -0.2) is 5.43 Å². The Morgan fingerprint density at radius 3 is 2.77 bits per heavy atom. The first-order chi connectivity index (χ1) is 14.7. The molecule has 0 bridgehead atoms. The number of nitrogens with one attached hydrogen (secondary N) is 1. The van der Waals surface area contributed by atoms with Gasteiger partial charge in [0.15, 0.2) is 0 Å². The van der Waals surface area contributed by atoms with Gasteiger partial charge in [-0.2, -0.15) is 5.10 Å². The van der Waals surface area contributed by atoms with E-state index < -0.39 is 0 Å². The third kappa shape index (κ3) is 4.87. The van der Waals surface area contributed by atoms with Crippen molar-refractivity contribution in [3.63, 3.8) is 0 Å². The number of methoxy groups -OCH3 is 1. The summed E-state index contributed by atoms with van der Waals surface area (Å²) in [6, 6.07) is 9.56. The van der Waals surface area contributed by atoms with Gasteiger partial charge in [-0.15, -0.1) is 0 Å². The highest BCUT2D eigenvalue weighted by Gasteiger charge is 2.36. The zero-order valence-electron chi connectivity index (χ0n) is 19.3. The summed E-state index contributed by atoms with van der Waals surface area (Å²) in [6.45, 7) is 12.0. The van der Waals surface area contributed by atoms with Crippen LogP contribution < -0.4 is 15.1 Å². The van der Waals surface area contributed by atoms with Gasteiger partial charge < -0.3 is 9.64 Å². The highest BCUT2D eigenvalue weighted by Crippen LogP contribution is 2.45. The lowest BCUT2D eigenvalue weighted by atomic mass is 9.79. The molecule has 1 aliphatic rings. The minimum Gasteiger partial charge on any atom is -0.496 e. The van der Waals surface area contributed by atoms with E-state index in [9.17, 15) is 4.79 Å². The summed E-state index contributed by atoms with van der Waals surface area (Å²) in [5, 5.41) is 4.78. The standard InChI is InChI=1S/C25H32ClN3O2/c1-7-10-29-22-13-21(26)18(12-20(22)17(3)14-25(29,4)5)15-27-28-24(30)19-9-8-16(2)11-23(19)31-6/h8-9,11-13,15,17H,7,10,14H2,1-6H3,(H,28,30)/b27-15-. The largest absolute Gasteiger partial charge is 0.496 e. The molecule has 2 aromatic carbocycles. The van der Waals surface area contributed by atoms with Crippen LogP contribution in [0.3, 0.4) is 0 Å². The predicted molar refractivity (Wildman–Crippen MR) is 129 cm³/mol. The van der Waals surface area contributed by atoms with Crippen LogP contribution in [-0.4, -0.2) is 31.3 Å². The highest BCUT2D eigenvalue weighted by molar-refractivity contribution is 6.33. The summed E-state index contributed by atoms with van der Waals surface area (Å²) in [6.07, 6.45) is 3.76. The Kier molecular flexibility index (Phi) is 6.95. The second kappa shape index (κ2) is 9.31. The van der Waals surface area contributed by atoms with Gasteiger partial charge in [0.05, 0.1) is 23.9 Å². The Morgan fingerprint density at radius 2 is 2.10 bits per heavy atom. The molecule has 1 amide bonds. The van der Waals surface area contributed by atoms with Crippen molar-refractivity contribution < 1.29 is 9.53 Å². The quantitative estimate of drug-likeness (QED) is 0.447. The molecule has 1 heterocycles. The number of ether oxygens (including phenoxy) is 1. The lowest BCUT2D eigenvalue weighted by Crippen LogP contribution is -2.48. The first-order valence-corrected chi connectivity index (χ1v) is 11.1. The molecule has 5 nitrogen and oxygen atoms in total. The average molecular weight is 442 g/mol. The summed E-state index contributed by atoms with van der Waals surface area (Å²) in [5.41, 5.74) is 7.38. The highest BCUT2D eigenvalue weighted by atomic mass is 35.5. The van der Waals surface area contributed by atoms with E-state index in [0.29, 0.717) is 22.3 Å². The Labute approximate surface area is 190 Å². The normalized spacial score (nSPS) is 17.5. The number of hydrogen-bond donors (Lipinski definition) is 1. The minimum absolute atomic E-state index is 0.0857. The molecule has 0 aliphatic carbocycles. The van der Waals surface area contributed by atoms with Crippen LogP contribution in [0, 0.1) is 6.92 Å². The van der Waals surface area contributed by atoms with Gasteiger partial charge in [0.1, 0.15) is 5.75 Å². The number of carbonyl (C=O) groups is 1. The molecular weight excluding hydrogens is 410 g/mol. The summed E-state index contributed by atoms with van der Waals surface area (Å²) in [5.74, 6) is 0.604. The molecule has 1 unspecified atom stereocenters. The summed E-state index contributed by atoms with van der Waals surface area (Å²) in [4.78, 5) is 15.0. The number of hydrazone groups is 1. The fourth-order valence-corrected chi connectivity index (χ4v) is 4.68. The number of amides is 1. The first-order valence-electron chi connectivity index (χ1n) is 10.8. The van der Waals surface area contributed by atoms with Crippen LogP contribution in [0.15, 0.2) is 35.4 Å². The SMILES string of the molecule is CCCN1c2cc(Cl)c(/C=N\NC(=O)c3ccc(C)cc3OC)cc2C(C)CC1(C)C. The van der Waals surface area contributed by atoms with Crippen molar-refractivity contribution >= 4 is 29.4 Å². The molecule has 0 aromatic heterocycles. The van der Waals surface area contributed by atoms with Gasteiger partial charge in [-0.1, -0.05) is 31.5 Å². The molecule has 0 saturated heterocycles. The van der Waals surface area contributed by atoms with E-state index in [-0.39, 0.29) is 11.4 Å². The number of halogens is 1. The number of fused-ring (bicyclic) bond motifs is 1. The van der Waals surface area contributed by atoms with Crippen LogP contribution in [0.4, 0.5) is 5.69 Å². The number of nitrogens with zero attached hydrogens (tertiary/aromatic N) is 2. The minimum atomic E-state index is -0.327.